The van der Waals surface area contributed by atoms with Gasteiger partial charge in [-0.15, -0.1) is 0 Å². The fourth-order valence-electron chi connectivity index (χ4n) is 4.13. The Hall–Kier alpha value is -3.73. The minimum atomic E-state index is -0.0200. The number of H-pyrrole nitrogens is 1. The Morgan fingerprint density at radius 1 is 1.12 bits per heavy atom. The molecule has 0 aliphatic carbocycles. The first-order valence-electron chi connectivity index (χ1n) is 11.4. The van der Waals surface area contributed by atoms with Crippen molar-refractivity contribution in [1.29, 1.82) is 0 Å². The van der Waals surface area contributed by atoms with Crippen LogP contribution in [0.4, 0.5) is 5.82 Å². The van der Waals surface area contributed by atoms with Gasteiger partial charge < -0.3 is 19.8 Å². The number of aryl methyl sites for hydroxylation is 2. The highest BCUT2D eigenvalue weighted by Crippen LogP contribution is 2.28. The monoisotopic (exact) mass is 439 g/mol. The second-order valence-corrected chi connectivity index (χ2v) is 8.68. The molecule has 33 heavy (non-hydrogen) atoms. The van der Waals surface area contributed by atoms with Crippen LogP contribution in [0.1, 0.15) is 36.1 Å². The molecule has 0 radical (unpaired) electrons. The molecule has 1 unspecified atom stereocenters. The van der Waals surface area contributed by atoms with Crippen LogP contribution in [0.2, 0.25) is 0 Å². The quantitative estimate of drug-likeness (QED) is 0.312. The molecule has 1 atom stereocenters. The number of aromatic amines is 1. The Morgan fingerprint density at radius 3 is 2.61 bits per heavy atom. The lowest BCUT2D eigenvalue weighted by Gasteiger charge is -2.27. The molecule has 4 rings (SSSR count). The van der Waals surface area contributed by atoms with Crippen LogP contribution in [0.3, 0.4) is 0 Å². The molecule has 0 saturated heterocycles. The highest BCUT2D eigenvalue weighted by atomic mass is 15.2. The van der Waals surface area contributed by atoms with Crippen molar-refractivity contribution in [2.24, 2.45) is 0 Å². The molecule has 2 aromatic carbocycles. The molecule has 5 heteroatoms. The van der Waals surface area contributed by atoms with E-state index in [1.54, 1.807) is 0 Å². The lowest BCUT2D eigenvalue weighted by Crippen LogP contribution is -2.22. The van der Waals surface area contributed by atoms with Gasteiger partial charge >= 0.3 is 0 Å². The molecule has 4 aromatic rings. The number of allylic oxidation sites excluding steroid dienone is 2. The largest absolute Gasteiger partial charge is 0.379 e. The number of anilines is 1. The third-order valence-electron chi connectivity index (χ3n) is 6.17. The van der Waals surface area contributed by atoms with Crippen LogP contribution in [0.25, 0.3) is 10.9 Å². The zero-order valence-corrected chi connectivity index (χ0v) is 19.8. The van der Waals surface area contributed by atoms with Gasteiger partial charge in [0, 0.05) is 48.8 Å². The van der Waals surface area contributed by atoms with Crippen LogP contribution in [0, 0.1) is 0 Å². The van der Waals surface area contributed by atoms with Crippen molar-refractivity contribution in [3.8, 4) is 0 Å². The summed E-state index contributed by atoms with van der Waals surface area (Å²) in [5.41, 5.74) is 6.93. The number of hydrogen-bond donors (Lipinski definition) is 2. The lowest BCUT2D eigenvalue weighted by molar-refractivity contribution is 0.441. The molecule has 0 amide bonds. The Labute approximate surface area is 196 Å². The number of nitrogens with one attached hydrogen (secondary N) is 2. The number of para-hydroxylation sites is 1. The van der Waals surface area contributed by atoms with Gasteiger partial charge in [-0.1, -0.05) is 62.5 Å². The first-order chi connectivity index (χ1) is 16.0. The van der Waals surface area contributed by atoms with Gasteiger partial charge in [0.25, 0.3) is 0 Å². The summed E-state index contributed by atoms with van der Waals surface area (Å²) < 4.78 is 2.11. The number of fused-ring (bicyclic) bond motifs is 1. The number of likely N-dealkylation sites (N-methyl/N-ethyl adjacent to an activating group) is 1. The predicted molar refractivity (Wildman–Crippen MR) is 138 cm³/mol. The molecule has 0 saturated carbocycles. The van der Waals surface area contributed by atoms with Gasteiger partial charge in [0.2, 0.25) is 0 Å². The number of benzene rings is 2. The maximum Gasteiger partial charge on any atom is 0.148 e. The molecular weight excluding hydrogens is 406 g/mol. The third kappa shape index (κ3) is 5.03. The first kappa shape index (κ1) is 22.5. The third-order valence-corrected chi connectivity index (χ3v) is 6.17. The Kier molecular flexibility index (Phi) is 6.68. The number of rotatable bonds is 10. The van der Waals surface area contributed by atoms with Gasteiger partial charge in [-0.3, -0.25) is 0 Å². The van der Waals surface area contributed by atoms with Crippen LogP contribution < -0.4 is 5.32 Å². The fraction of sp³-hybridized carbons (Fsp3) is 0.250. The van der Waals surface area contributed by atoms with Gasteiger partial charge in [0.15, 0.2) is 0 Å². The van der Waals surface area contributed by atoms with Gasteiger partial charge in [-0.2, -0.15) is 0 Å². The lowest BCUT2D eigenvalue weighted by atomic mass is 10.0. The Bertz CT molecular complexity index is 1240. The summed E-state index contributed by atoms with van der Waals surface area (Å²) in [5, 5.41) is 4.66. The maximum absolute atomic E-state index is 4.60. The summed E-state index contributed by atoms with van der Waals surface area (Å²) in [6, 6.07) is 17.1. The number of aromatic nitrogens is 3. The van der Waals surface area contributed by atoms with E-state index in [0.29, 0.717) is 0 Å². The normalized spacial score (nSPS) is 12.0. The average molecular weight is 440 g/mol. The molecule has 2 heterocycles. The van der Waals surface area contributed by atoms with Gasteiger partial charge in [-0.25, -0.2) is 4.98 Å². The summed E-state index contributed by atoms with van der Waals surface area (Å²) in [6.07, 6.45) is 8.76. The van der Waals surface area contributed by atoms with E-state index in [4.69, 9.17) is 0 Å². The van der Waals surface area contributed by atoms with E-state index >= 15 is 0 Å². The fourth-order valence-corrected chi connectivity index (χ4v) is 4.13. The van der Waals surface area contributed by atoms with Crippen molar-refractivity contribution in [2.75, 3.05) is 19.4 Å². The number of nitrogens with zero attached hydrogens (tertiary/aromatic N) is 3. The molecule has 170 valence electrons. The zero-order valence-electron chi connectivity index (χ0n) is 19.8. The Balaban J connectivity index is 1.46. The van der Waals surface area contributed by atoms with E-state index in [2.05, 4.69) is 99.6 Å². The van der Waals surface area contributed by atoms with Crippen LogP contribution in [0.15, 0.2) is 91.8 Å². The van der Waals surface area contributed by atoms with Crippen molar-refractivity contribution in [1.82, 2.24) is 19.4 Å². The molecule has 2 N–H and O–H groups in total. The summed E-state index contributed by atoms with van der Waals surface area (Å²) in [6.45, 7) is 10.7. The van der Waals surface area contributed by atoms with Gasteiger partial charge in [0.1, 0.15) is 5.82 Å². The van der Waals surface area contributed by atoms with E-state index in [9.17, 15) is 0 Å². The molecule has 0 bridgehead atoms. The second-order valence-electron chi connectivity index (χ2n) is 8.68. The standard InChI is InChI=1S/C28H33N5/c1-6-22-12-15-23(16-13-22)28(21(3)32(4)5)33-18-27(30-19-33)31-20(2)11-14-24-17-29-26-10-8-7-9-25(24)26/h7-10,12-13,15-19,28-29,31H,2-3,6,11,14H2,1,4-5H3. The maximum atomic E-state index is 4.60. The molecule has 2 aromatic heterocycles. The SMILES string of the molecule is C=C(CCc1c[nH]c2ccccc12)Nc1cn(C(C(=C)N(C)C)c2ccc(CC)cc2)cn1. The number of hydrogen-bond acceptors (Lipinski definition) is 3. The summed E-state index contributed by atoms with van der Waals surface area (Å²) in [4.78, 5) is 10.0. The summed E-state index contributed by atoms with van der Waals surface area (Å²) >= 11 is 0. The Morgan fingerprint density at radius 2 is 1.88 bits per heavy atom. The van der Waals surface area contributed by atoms with E-state index in [1.165, 1.54) is 27.6 Å². The zero-order chi connectivity index (χ0) is 23.4. The topological polar surface area (TPSA) is 48.9 Å². The second kappa shape index (κ2) is 9.82. The predicted octanol–water partition coefficient (Wildman–Crippen LogP) is 6.15. The van der Waals surface area contributed by atoms with Crippen LogP contribution in [0.5, 0.6) is 0 Å². The minimum Gasteiger partial charge on any atom is -0.379 e. The number of imidazole rings is 1. The van der Waals surface area contributed by atoms with Crippen molar-refractivity contribution < 1.29 is 0 Å². The minimum absolute atomic E-state index is 0.0200. The summed E-state index contributed by atoms with van der Waals surface area (Å²) in [7, 11) is 4.05. The van der Waals surface area contributed by atoms with Crippen molar-refractivity contribution in [2.45, 2.75) is 32.2 Å². The smallest absolute Gasteiger partial charge is 0.148 e. The molecule has 5 nitrogen and oxygen atoms in total. The van der Waals surface area contributed by atoms with E-state index in [0.717, 1.165) is 36.5 Å². The summed E-state index contributed by atoms with van der Waals surface area (Å²) in [5.74, 6) is 0.792. The van der Waals surface area contributed by atoms with E-state index in [1.807, 2.05) is 26.6 Å². The highest BCUT2D eigenvalue weighted by Gasteiger charge is 2.19. The molecule has 0 fully saturated rings. The van der Waals surface area contributed by atoms with Crippen LogP contribution in [-0.2, 0) is 12.8 Å². The molecule has 0 aliphatic rings. The van der Waals surface area contributed by atoms with E-state index in [-0.39, 0.29) is 6.04 Å². The first-order valence-corrected chi connectivity index (χ1v) is 11.4. The highest BCUT2D eigenvalue weighted by molar-refractivity contribution is 5.83. The molecular formula is C28H33N5. The molecule has 0 aliphatic heterocycles. The van der Waals surface area contributed by atoms with Crippen LogP contribution >= 0.6 is 0 Å². The van der Waals surface area contributed by atoms with Crippen molar-refractivity contribution >= 4 is 16.7 Å². The van der Waals surface area contributed by atoms with Gasteiger partial charge in [-0.05, 0) is 42.0 Å². The van der Waals surface area contributed by atoms with Crippen molar-refractivity contribution in [3.05, 3.63) is 108 Å². The van der Waals surface area contributed by atoms with E-state index < -0.39 is 0 Å². The molecule has 0 spiro atoms. The van der Waals surface area contributed by atoms with Gasteiger partial charge in [0.05, 0.1) is 12.4 Å². The van der Waals surface area contributed by atoms with Crippen LogP contribution in [-0.4, -0.2) is 33.5 Å². The average Bonchev–Trinajstić information content (AvgIpc) is 3.45. The van der Waals surface area contributed by atoms with Crippen molar-refractivity contribution in [3.63, 3.8) is 0 Å².